The fourth-order valence-electron chi connectivity index (χ4n) is 1.70. The van der Waals surface area contributed by atoms with E-state index in [0.717, 1.165) is 34.3 Å². The van der Waals surface area contributed by atoms with E-state index >= 15 is 0 Å². The highest BCUT2D eigenvalue weighted by Crippen LogP contribution is 2.30. The predicted octanol–water partition coefficient (Wildman–Crippen LogP) is 4.33. The molecule has 1 aromatic rings. The lowest BCUT2D eigenvalue weighted by atomic mass is 10.1. The van der Waals surface area contributed by atoms with Gasteiger partial charge in [-0.15, -0.1) is 0 Å². The lowest BCUT2D eigenvalue weighted by molar-refractivity contribution is 0.450. The lowest BCUT2D eigenvalue weighted by Crippen LogP contribution is -2.10. The summed E-state index contributed by atoms with van der Waals surface area (Å²) in [5.41, 5.74) is 0. The fourth-order valence-corrected chi connectivity index (χ4v) is 2.68. The molecule has 0 fully saturated rings. The van der Waals surface area contributed by atoms with Crippen LogP contribution in [0.3, 0.4) is 0 Å². The number of hydrogen-bond acceptors (Lipinski definition) is 1. The van der Waals surface area contributed by atoms with Crippen LogP contribution >= 0.6 is 31.9 Å². The maximum absolute atomic E-state index is 4.48. The predicted molar refractivity (Wildman–Crippen MR) is 66.6 cm³/mol. The average molecular weight is 324 g/mol. The summed E-state index contributed by atoms with van der Waals surface area (Å²) in [5.74, 6) is 1.15. The van der Waals surface area contributed by atoms with Crippen LogP contribution in [0.2, 0.25) is 0 Å². The van der Waals surface area contributed by atoms with Crippen molar-refractivity contribution in [1.82, 2.24) is 9.55 Å². The first-order valence-corrected chi connectivity index (χ1v) is 6.66. The molecule has 0 aliphatic rings. The summed E-state index contributed by atoms with van der Waals surface area (Å²) in [6, 6.07) is 0.554. The van der Waals surface area contributed by atoms with Crippen LogP contribution in [-0.2, 0) is 6.42 Å². The highest BCUT2D eigenvalue weighted by atomic mass is 79.9. The maximum Gasteiger partial charge on any atom is 0.139 e. The van der Waals surface area contributed by atoms with Gasteiger partial charge in [-0.05, 0) is 44.7 Å². The Balaban J connectivity index is 3.15. The highest BCUT2D eigenvalue weighted by molar-refractivity contribution is 9.13. The largest absolute Gasteiger partial charge is 0.319 e. The minimum atomic E-state index is 0.554. The van der Waals surface area contributed by atoms with Crippen LogP contribution < -0.4 is 0 Å². The van der Waals surface area contributed by atoms with E-state index in [1.807, 2.05) is 0 Å². The first kappa shape index (κ1) is 12.2. The molecule has 0 saturated heterocycles. The van der Waals surface area contributed by atoms with Gasteiger partial charge >= 0.3 is 0 Å². The molecule has 0 radical (unpaired) electrons. The van der Waals surface area contributed by atoms with E-state index in [-0.39, 0.29) is 0 Å². The van der Waals surface area contributed by atoms with Crippen LogP contribution in [-0.4, -0.2) is 9.55 Å². The second kappa shape index (κ2) is 5.31. The van der Waals surface area contributed by atoms with Gasteiger partial charge in [0.1, 0.15) is 15.0 Å². The molecule has 1 aromatic heterocycles. The Labute approximate surface area is 102 Å². The number of aryl methyl sites for hydroxylation is 1. The number of hydrogen-bond donors (Lipinski definition) is 0. The summed E-state index contributed by atoms with van der Waals surface area (Å²) < 4.78 is 4.29. The van der Waals surface area contributed by atoms with E-state index in [1.165, 1.54) is 0 Å². The molecule has 0 atom stereocenters. The van der Waals surface area contributed by atoms with Gasteiger partial charge in [0, 0.05) is 12.5 Å². The molecule has 0 amide bonds. The first-order valence-electron chi connectivity index (χ1n) is 5.07. The summed E-state index contributed by atoms with van der Waals surface area (Å²) in [7, 11) is 0. The van der Waals surface area contributed by atoms with Crippen molar-refractivity contribution in [2.75, 3.05) is 0 Å². The minimum Gasteiger partial charge on any atom is -0.319 e. The van der Waals surface area contributed by atoms with Crippen LogP contribution in [0, 0.1) is 0 Å². The zero-order valence-corrected chi connectivity index (χ0v) is 12.0. The highest BCUT2D eigenvalue weighted by Gasteiger charge is 2.17. The molecular formula is C10H16Br2N2. The number of halogens is 2. The van der Waals surface area contributed by atoms with Gasteiger partial charge in [-0.2, -0.15) is 0 Å². The fraction of sp³-hybridized carbons (Fsp3) is 0.700. The molecule has 0 N–H and O–H groups in total. The molecule has 80 valence electrons. The van der Waals surface area contributed by atoms with Gasteiger partial charge in [0.05, 0.1) is 0 Å². The Morgan fingerprint density at radius 2 is 1.79 bits per heavy atom. The summed E-state index contributed by atoms with van der Waals surface area (Å²) in [6.07, 6.45) is 3.26. The van der Waals surface area contributed by atoms with Crippen molar-refractivity contribution in [1.29, 1.82) is 0 Å². The van der Waals surface area contributed by atoms with E-state index in [4.69, 9.17) is 0 Å². The zero-order chi connectivity index (χ0) is 10.7. The standard InChI is InChI=1S/C10H16Br2N2/c1-4-7(5-2)14-8(6-3)13-9(11)10(14)12/h7H,4-6H2,1-3H3. The van der Waals surface area contributed by atoms with Gasteiger partial charge in [0.25, 0.3) is 0 Å². The summed E-state index contributed by atoms with van der Waals surface area (Å²) in [6.45, 7) is 6.57. The van der Waals surface area contributed by atoms with E-state index in [2.05, 4.69) is 62.2 Å². The lowest BCUT2D eigenvalue weighted by Gasteiger charge is -2.18. The molecule has 0 bridgehead atoms. The van der Waals surface area contributed by atoms with Gasteiger partial charge in [0.15, 0.2) is 0 Å². The van der Waals surface area contributed by atoms with E-state index in [1.54, 1.807) is 0 Å². The van der Waals surface area contributed by atoms with Crippen LogP contribution in [0.1, 0.15) is 45.5 Å². The van der Waals surface area contributed by atoms with E-state index in [9.17, 15) is 0 Å². The Kier molecular flexibility index (Phi) is 4.64. The molecule has 0 aliphatic carbocycles. The van der Waals surface area contributed by atoms with E-state index < -0.39 is 0 Å². The SMILES string of the molecule is CCc1nc(Br)c(Br)n1C(CC)CC. The molecule has 1 heterocycles. The maximum atomic E-state index is 4.48. The van der Waals surface area contributed by atoms with Crippen molar-refractivity contribution in [2.45, 2.75) is 46.1 Å². The summed E-state index contributed by atoms with van der Waals surface area (Å²) in [5, 5.41) is 0. The van der Waals surface area contributed by atoms with Crippen molar-refractivity contribution in [3.8, 4) is 0 Å². The van der Waals surface area contributed by atoms with Gasteiger partial charge < -0.3 is 4.57 Å². The summed E-state index contributed by atoms with van der Waals surface area (Å²) in [4.78, 5) is 4.48. The summed E-state index contributed by atoms with van der Waals surface area (Å²) >= 11 is 7.03. The number of nitrogens with zero attached hydrogens (tertiary/aromatic N) is 2. The molecule has 0 aromatic carbocycles. The van der Waals surface area contributed by atoms with Crippen molar-refractivity contribution < 1.29 is 0 Å². The zero-order valence-electron chi connectivity index (χ0n) is 8.85. The van der Waals surface area contributed by atoms with Gasteiger partial charge in [-0.25, -0.2) is 4.98 Å². The van der Waals surface area contributed by atoms with Gasteiger partial charge in [0.2, 0.25) is 0 Å². The molecule has 1 rings (SSSR count). The van der Waals surface area contributed by atoms with Gasteiger partial charge in [-0.1, -0.05) is 20.8 Å². The second-order valence-corrected chi connectivity index (χ2v) is 4.81. The molecule has 0 spiro atoms. The smallest absolute Gasteiger partial charge is 0.139 e. The van der Waals surface area contributed by atoms with Crippen molar-refractivity contribution >= 4 is 31.9 Å². The number of rotatable bonds is 4. The van der Waals surface area contributed by atoms with Crippen LogP contribution in [0.4, 0.5) is 0 Å². The Morgan fingerprint density at radius 3 is 2.21 bits per heavy atom. The first-order chi connectivity index (χ1) is 6.65. The number of imidazole rings is 1. The van der Waals surface area contributed by atoms with Crippen molar-refractivity contribution in [3.63, 3.8) is 0 Å². The second-order valence-electron chi connectivity index (χ2n) is 3.30. The molecule has 4 heteroatoms. The monoisotopic (exact) mass is 322 g/mol. The Morgan fingerprint density at radius 1 is 1.21 bits per heavy atom. The Bertz CT molecular complexity index is 303. The molecular weight excluding hydrogens is 308 g/mol. The molecule has 14 heavy (non-hydrogen) atoms. The van der Waals surface area contributed by atoms with Crippen molar-refractivity contribution in [2.24, 2.45) is 0 Å². The van der Waals surface area contributed by atoms with Gasteiger partial charge in [-0.3, -0.25) is 0 Å². The minimum absolute atomic E-state index is 0.554. The molecule has 0 unspecified atom stereocenters. The van der Waals surface area contributed by atoms with Crippen LogP contribution in [0.25, 0.3) is 0 Å². The quantitative estimate of drug-likeness (QED) is 0.806. The molecule has 0 saturated carbocycles. The average Bonchev–Trinajstić information content (AvgIpc) is 2.47. The third kappa shape index (κ3) is 2.22. The Hall–Kier alpha value is 0.170. The third-order valence-corrected chi connectivity index (χ3v) is 4.35. The van der Waals surface area contributed by atoms with E-state index in [0.29, 0.717) is 6.04 Å². The molecule has 2 nitrogen and oxygen atoms in total. The normalized spacial score (nSPS) is 11.3. The molecule has 0 aliphatic heterocycles. The third-order valence-electron chi connectivity index (χ3n) is 2.51. The number of aromatic nitrogens is 2. The topological polar surface area (TPSA) is 17.8 Å². The van der Waals surface area contributed by atoms with Crippen LogP contribution in [0.15, 0.2) is 9.21 Å². The van der Waals surface area contributed by atoms with Crippen molar-refractivity contribution in [3.05, 3.63) is 15.0 Å². The van der Waals surface area contributed by atoms with Crippen LogP contribution in [0.5, 0.6) is 0 Å².